The van der Waals surface area contributed by atoms with Crippen molar-refractivity contribution in [3.8, 4) is 5.75 Å². The number of hydrogen-bond acceptors (Lipinski definition) is 4. The van der Waals surface area contributed by atoms with E-state index in [1.54, 1.807) is 23.1 Å². The first-order valence-electron chi connectivity index (χ1n) is 8.34. The topological polar surface area (TPSA) is 72.6 Å². The van der Waals surface area contributed by atoms with Crippen LogP contribution in [-0.2, 0) is 4.79 Å². The van der Waals surface area contributed by atoms with Crippen LogP contribution >= 0.6 is 0 Å². The molecule has 1 aliphatic rings. The largest absolute Gasteiger partial charge is 0.482 e. The molecule has 126 valence electrons. The van der Waals surface area contributed by atoms with Gasteiger partial charge in [-0.2, -0.15) is 0 Å². The first-order chi connectivity index (χ1) is 11.0. The zero-order valence-corrected chi connectivity index (χ0v) is 14.0. The number of nitrogens with zero attached hydrogens (tertiary/aromatic N) is 1. The summed E-state index contributed by atoms with van der Waals surface area (Å²) >= 11 is 0. The second kappa shape index (κ2) is 7.99. The average molecular weight is 318 g/mol. The maximum atomic E-state index is 12.3. The second-order valence-electron chi connectivity index (χ2n) is 6.11. The summed E-state index contributed by atoms with van der Waals surface area (Å²) in [6.45, 7) is 1.78. The highest BCUT2D eigenvalue weighted by atomic mass is 16.5. The molecule has 23 heavy (non-hydrogen) atoms. The van der Waals surface area contributed by atoms with Crippen molar-refractivity contribution < 1.29 is 14.3 Å². The van der Waals surface area contributed by atoms with E-state index in [1.807, 2.05) is 14.0 Å². The van der Waals surface area contributed by atoms with Gasteiger partial charge in [0, 0.05) is 25.1 Å². The molecule has 2 N–H and O–H groups in total. The van der Waals surface area contributed by atoms with Crippen LogP contribution in [0.15, 0.2) is 18.2 Å². The van der Waals surface area contributed by atoms with Crippen LogP contribution in [0.25, 0.3) is 0 Å². The molecule has 5 heteroatoms. The summed E-state index contributed by atoms with van der Waals surface area (Å²) in [5.41, 5.74) is 6.88. The lowest BCUT2D eigenvalue weighted by atomic mass is 9.94. The SMILES string of the molecule is CCC(=O)c1ccc(OCC(=O)N(C)C2CCCCC2)c(N)c1. The van der Waals surface area contributed by atoms with Gasteiger partial charge in [0.05, 0.1) is 5.69 Å². The van der Waals surface area contributed by atoms with Gasteiger partial charge in [-0.1, -0.05) is 26.2 Å². The third kappa shape index (κ3) is 4.47. The van der Waals surface area contributed by atoms with Crippen LogP contribution < -0.4 is 10.5 Å². The summed E-state index contributed by atoms with van der Waals surface area (Å²) in [6.07, 6.45) is 6.20. The fraction of sp³-hybridized carbons (Fsp3) is 0.556. The van der Waals surface area contributed by atoms with Gasteiger partial charge in [0.25, 0.3) is 5.91 Å². The van der Waals surface area contributed by atoms with Gasteiger partial charge in [0.2, 0.25) is 0 Å². The Morgan fingerprint density at radius 2 is 1.96 bits per heavy atom. The number of carbonyl (C=O) groups excluding carboxylic acids is 2. The summed E-state index contributed by atoms with van der Waals surface area (Å²) in [7, 11) is 1.84. The number of hydrogen-bond donors (Lipinski definition) is 1. The molecular formula is C18H26N2O3. The molecule has 1 aliphatic carbocycles. The van der Waals surface area contributed by atoms with Gasteiger partial charge in [-0.15, -0.1) is 0 Å². The van der Waals surface area contributed by atoms with E-state index in [1.165, 1.54) is 19.3 Å². The Morgan fingerprint density at radius 3 is 2.57 bits per heavy atom. The number of ketones is 1. The lowest BCUT2D eigenvalue weighted by molar-refractivity contribution is -0.134. The van der Waals surface area contributed by atoms with Crippen LogP contribution in [0.4, 0.5) is 5.69 Å². The standard InChI is InChI=1S/C18H26N2O3/c1-3-16(21)13-9-10-17(15(19)11-13)23-12-18(22)20(2)14-7-5-4-6-8-14/h9-11,14H,3-8,12,19H2,1-2H3. The fourth-order valence-electron chi connectivity index (χ4n) is 2.97. The quantitative estimate of drug-likeness (QED) is 0.646. The molecule has 5 nitrogen and oxygen atoms in total. The summed E-state index contributed by atoms with van der Waals surface area (Å²) in [5.74, 6) is 0.449. The first kappa shape index (κ1) is 17.3. The molecule has 1 amide bonds. The van der Waals surface area contributed by atoms with E-state index in [9.17, 15) is 9.59 Å². The number of amides is 1. The molecule has 0 heterocycles. The van der Waals surface area contributed by atoms with Crippen LogP contribution in [-0.4, -0.2) is 36.3 Å². The van der Waals surface area contributed by atoms with Crippen molar-refractivity contribution >= 4 is 17.4 Å². The predicted octanol–water partition coefficient (Wildman–Crippen LogP) is 3.03. The highest BCUT2D eigenvalue weighted by Crippen LogP contribution is 2.24. The average Bonchev–Trinajstić information content (AvgIpc) is 2.59. The maximum Gasteiger partial charge on any atom is 0.260 e. The van der Waals surface area contributed by atoms with Crippen molar-refractivity contribution in [2.45, 2.75) is 51.5 Å². The van der Waals surface area contributed by atoms with Gasteiger partial charge < -0.3 is 15.4 Å². The number of rotatable bonds is 6. The summed E-state index contributed by atoms with van der Waals surface area (Å²) in [4.78, 5) is 25.7. The molecule has 0 atom stereocenters. The van der Waals surface area contributed by atoms with Crippen molar-refractivity contribution in [3.63, 3.8) is 0 Å². The number of nitrogens with two attached hydrogens (primary N) is 1. The molecule has 1 saturated carbocycles. The molecule has 0 spiro atoms. The van der Waals surface area contributed by atoms with E-state index in [4.69, 9.17) is 10.5 Å². The zero-order valence-electron chi connectivity index (χ0n) is 14.0. The Morgan fingerprint density at radius 1 is 1.26 bits per heavy atom. The molecule has 0 bridgehead atoms. The minimum Gasteiger partial charge on any atom is -0.482 e. The molecule has 0 aliphatic heterocycles. The monoisotopic (exact) mass is 318 g/mol. The van der Waals surface area contributed by atoms with Crippen molar-refractivity contribution in [1.29, 1.82) is 0 Å². The Labute approximate surface area is 137 Å². The van der Waals surface area contributed by atoms with Crippen molar-refractivity contribution in [3.05, 3.63) is 23.8 Å². The smallest absolute Gasteiger partial charge is 0.260 e. The number of nitrogen functional groups attached to an aromatic ring is 1. The Hall–Kier alpha value is -2.04. The van der Waals surface area contributed by atoms with E-state index in [-0.39, 0.29) is 18.3 Å². The van der Waals surface area contributed by atoms with Gasteiger partial charge in [-0.05, 0) is 31.0 Å². The molecule has 0 aromatic heterocycles. The van der Waals surface area contributed by atoms with Crippen molar-refractivity contribution in [2.24, 2.45) is 0 Å². The molecule has 1 aromatic carbocycles. The second-order valence-corrected chi connectivity index (χ2v) is 6.11. The number of Topliss-reactive ketones (excluding diaryl/α,β-unsaturated/α-hetero) is 1. The minimum atomic E-state index is -0.0370. The summed E-state index contributed by atoms with van der Waals surface area (Å²) < 4.78 is 5.55. The number of ether oxygens (including phenoxy) is 1. The Balaban J connectivity index is 1.92. The molecule has 0 unspecified atom stereocenters. The van der Waals surface area contributed by atoms with Gasteiger partial charge >= 0.3 is 0 Å². The van der Waals surface area contributed by atoms with Crippen LogP contribution in [0.3, 0.4) is 0 Å². The van der Waals surface area contributed by atoms with Crippen LogP contribution in [0.2, 0.25) is 0 Å². The maximum absolute atomic E-state index is 12.3. The summed E-state index contributed by atoms with van der Waals surface area (Å²) in [5, 5.41) is 0. The van der Waals surface area contributed by atoms with E-state index < -0.39 is 0 Å². The molecule has 2 rings (SSSR count). The van der Waals surface area contributed by atoms with E-state index in [0.717, 1.165) is 12.8 Å². The number of likely N-dealkylation sites (N-methyl/N-ethyl adjacent to an activating group) is 1. The van der Waals surface area contributed by atoms with E-state index >= 15 is 0 Å². The normalized spacial score (nSPS) is 15.2. The molecular weight excluding hydrogens is 292 g/mol. The Kier molecular flexibility index (Phi) is 6.02. The molecule has 1 fully saturated rings. The van der Waals surface area contributed by atoms with Crippen LogP contribution in [0.1, 0.15) is 55.8 Å². The third-order valence-electron chi connectivity index (χ3n) is 4.52. The molecule has 1 aromatic rings. The highest BCUT2D eigenvalue weighted by molar-refractivity contribution is 5.97. The van der Waals surface area contributed by atoms with Gasteiger partial charge in [0.15, 0.2) is 12.4 Å². The summed E-state index contributed by atoms with van der Waals surface area (Å²) in [6, 6.07) is 5.27. The number of anilines is 1. The fourth-order valence-corrected chi connectivity index (χ4v) is 2.97. The minimum absolute atomic E-state index is 0.0295. The number of carbonyl (C=O) groups is 2. The third-order valence-corrected chi connectivity index (χ3v) is 4.52. The Bertz CT molecular complexity index is 565. The lowest BCUT2D eigenvalue weighted by Crippen LogP contribution is -2.40. The van der Waals surface area contributed by atoms with E-state index in [0.29, 0.717) is 29.5 Å². The first-order valence-corrected chi connectivity index (χ1v) is 8.34. The van der Waals surface area contributed by atoms with Crippen molar-refractivity contribution in [1.82, 2.24) is 4.90 Å². The van der Waals surface area contributed by atoms with Gasteiger partial charge in [-0.25, -0.2) is 0 Å². The van der Waals surface area contributed by atoms with Gasteiger partial charge in [0.1, 0.15) is 5.75 Å². The van der Waals surface area contributed by atoms with Crippen LogP contribution in [0, 0.1) is 0 Å². The van der Waals surface area contributed by atoms with Gasteiger partial charge in [-0.3, -0.25) is 9.59 Å². The predicted molar refractivity (Wildman–Crippen MR) is 90.6 cm³/mol. The number of benzene rings is 1. The highest BCUT2D eigenvalue weighted by Gasteiger charge is 2.22. The molecule has 0 radical (unpaired) electrons. The van der Waals surface area contributed by atoms with Crippen molar-refractivity contribution in [2.75, 3.05) is 19.4 Å². The molecule has 0 saturated heterocycles. The van der Waals surface area contributed by atoms with E-state index in [2.05, 4.69) is 0 Å². The lowest BCUT2D eigenvalue weighted by Gasteiger charge is -2.31. The zero-order chi connectivity index (χ0) is 16.8. The van der Waals surface area contributed by atoms with Crippen LogP contribution in [0.5, 0.6) is 5.75 Å².